The SMILES string of the molecule is O=C(Cc1cccs1)Cc1cc(Cl)cc2c1OCC2. The van der Waals surface area contributed by atoms with Gasteiger partial charge in [-0.2, -0.15) is 0 Å². The average Bonchev–Trinajstić information content (AvgIpc) is 2.99. The van der Waals surface area contributed by atoms with Crippen LogP contribution in [-0.4, -0.2) is 12.4 Å². The van der Waals surface area contributed by atoms with E-state index in [2.05, 4.69) is 0 Å². The Hall–Kier alpha value is -1.32. The van der Waals surface area contributed by atoms with Gasteiger partial charge in [0.2, 0.25) is 0 Å². The highest BCUT2D eigenvalue weighted by Crippen LogP contribution is 2.33. The van der Waals surface area contributed by atoms with Crippen LogP contribution in [0.1, 0.15) is 16.0 Å². The summed E-state index contributed by atoms with van der Waals surface area (Å²) in [5, 5.41) is 2.67. The van der Waals surface area contributed by atoms with E-state index in [1.807, 2.05) is 29.6 Å². The van der Waals surface area contributed by atoms with Gasteiger partial charge in [-0.15, -0.1) is 11.3 Å². The van der Waals surface area contributed by atoms with Crippen molar-refractivity contribution in [2.24, 2.45) is 0 Å². The monoisotopic (exact) mass is 292 g/mol. The van der Waals surface area contributed by atoms with Gasteiger partial charge in [-0.25, -0.2) is 0 Å². The van der Waals surface area contributed by atoms with Gasteiger partial charge in [0, 0.05) is 34.7 Å². The Morgan fingerprint density at radius 2 is 2.26 bits per heavy atom. The van der Waals surface area contributed by atoms with E-state index in [9.17, 15) is 4.79 Å². The van der Waals surface area contributed by atoms with Crippen LogP contribution in [0, 0.1) is 0 Å². The van der Waals surface area contributed by atoms with Crippen molar-refractivity contribution in [1.29, 1.82) is 0 Å². The number of hydrogen-bond donors (Lipinski definition) is 0. The first-order valence-electron chi connectivity index (χ1n) is 6.20. The lowest BCUT2D eigenvalue weighted by Crippen LogP contribution is -2.06. The lowest BCUT2D eigenvalue weighted by atomic mass is 10.0. The van der Waals surface area contributed by atoms with E-state index in [1.54, 1.807) is 11.3 Å². The Bertz CT molecular complexity index is 605. The standard InChI is InChI=1S/C15H13ClO2S/c16-12-6-10-3-4-18-15(10)11(7-12)8-13(17)9-14-2-1-5-19-14/h1-2,5-7H,3-4,8-9H2. The van der Waals surface area contributed by atoms with E-state index in [0.717, 1.165) is 28.2 Å². The molecule has 98 valence electrons. The molecule has 1 aromatic heterocycles. The molecule has 2 heterocycles. The molecule has 0 radical (unpaired) electrons. The molecule has 1 aliphatic heterocycles. The number of benzene rings is 1. The number of Topliss-reactive ketones (excluding diaryl/α,β-unsaturated/α-hetero) is 1. The van der Waals surface area contributed by atoms with Crippen LogP contribution in [0.3, 0.4) is 0 Å². The van der Waals surface area contributed by atoms with Crippen molar-refractivity contribution in [1.82, 2.24) is 0 Å². The maximum Gasteiger partial charge on any atom is 0.142 e. The van der Waals surface area contributed by atoms with Gasteiger partial charge in [-0.05, 0) is 29.1 Å². The van der Waals surface area contributed by atoms with Crippen molar-refractivity contribution in [3.05, 3.63) is 50.7 Å². The van der Waals surface area contributed by atoms with Crippen LogP contribution in [0.25, 0.3) is 0 Å². The highest BCUT2D eigenvalue weighted by atomic mass is 35.5. The molecule has 0 bridgehead atoms. The van der Waals surface area contributed by atoms with Crippen LogP contribution < -0.4 is 4.74 Å². The number of carbonyl (C=O) groups is 1. The number of carbonyl (C=O) groups excluding carboxylic acids is 1. The number of rotatable bonds is 4. The number of halogens is 1. The first-order valence-corrected chi connectivity index (χ1v) is 7.46. The smallest absolute Gasteiger partial charge is 0.142 e. The fourth-order valence-electron chi connectivity index (χ4n) is 2.36. The number of thiophene rings is 1. The van der Waals surface area contributed by atoms with Crippen molar-refractivity contribution < 1.29 is 9.53 Å². The summed E-state index contributed by atoms with van der Waals surface area (Å²) in [6.07, 6.45) is 1.75. The minimum Gasteiger partial charge on any atom is -0.493 e. The molecule has 0 atom stereocenters. The van der Waals surface area contributed by atoms with Gasteiger partial charge < -0.3 is 4.74 Å². The molecule has 0 aliphatic carbocycles. The fourth-order valence-corrected chi connectivity index (χ4v) is 3.36. The molecule has 0 N–H and O–H groups in total. The second-order valence-corrected chi connectivity index (χ2v) is 6.09. The Morgan fingerprint density at radius 1 is 1.37 bits per heavy atom. The second kappa shape index (κ2) is 5.35. The van der Waals surface area contributed by atoms with Gasteiger partial charge in [0.1, 0.15) is 11.5 Å². The van der Waals surface area contributed by atoms with Gasteiger partial charge in [-0.3, -0.25) is 4.79 Å². The molecule has 0 saturated heterocycles. The second-order valence-electron chi connectivity index (χ2n) is 4.62. The first kappa shape index (κ1) is 12.7. The summed E-state index contributed by atoms with van der Waals surface area (Å²) in [5.41, 5.74) is 2.04. The predicted molar refractivity (Wildman–Crippen MR) is 77.4 cm³/mol. The summed E-state index contributed by atoms with van der Waals surface area (Å²) < 4.78 is 5.61. The van der Waals surface area contributed by atoms with E-state index >= 15 is 0 Å². The normalized spacial score (nSPS) is 13.1. The van der Waals surface area contributed by atoms with Gasteiger partial charge in [-0.1, -0.05) is 17.7 Å². The van der Waals surface area contributed by atoms with E-state index in [-0.39, 0.29) is 5.78 Å². The third-order valence-corrected chi connectivity index (χ3v) is 4.26. The Labute approximate surface area is 121 Å². The fraction of sp³-hybridized carbons (Fsp3) is 0.267. The molecule has 19 heavy (non-hydrogen) atoms. The number of hydrogen-bond acceptors (Lipinski definition) is 3. The molecule has 0 unspecified atom stereocenters. The molecule has 1 aliphatic rings. The number of ketones is 1. The molecular formula is C15H13ClO2S. The van der Waals surface area contributed by atoms with E-state index < -0.39 is 0 Å². The highest BCUT2D eigenvalue weighted by Gasteiger charge is 2.19. The number of fused-ring (bicyclic) bond motifs is 1. The first-order chi connectivity index (χ1) is 9.22. The molecule has 0 spiro atoms. The van der Waals surface area contributed by atoms with Gasteiger partial charge in [0.15, 0.2) is 0 Å². The molecule has 4 heteroatoms. The van der Waals surface area contributed by atoms with Crippen molar-refractivity contribution in [2.45, 2.75) is 19.3 Å². The van der Waals surface area contributed by atoms with Gasteiger partial charge in [0.05, 0.1) is 6.61 Å². The lowest BCUT2D eigenvalue weighted by Gasteiger charge is -2.08. The topological polar surface area (TPSA) is 26.3 Å². The molecular weight excluding hydrogens is 280 g/mol. The van der Waals surface area contributed by atoms with Crippen LogP contribution in [0.4, 0.5) is 0 Å². The summed E-state index contributed by atoms with van der Waals surface area (Å²) in [4.78, 5) is 13.2. The molecule has 3 rings (SSSR count). The maximum atomic E-state index is 12.1. The largest absolute Gasteiger partial charge is 0.493 e. The summed E-state index contributed by atoms with van der Waals surface area (Å²) >= 11 is 7.70. The van der Waals surface area contributed by atoms with Crippen LogP contribution in [0.15, 0.2) is 29.6 Å². The Kier molecular flexibility index (Phi) is 3.58. The van der Waals surface area contributed by atoms with E-state index in [0.29, 0.717) is 24.5 Å². The third-order valence-electron chi connectivity index (χ3n) is 3.16. The van der Waals surface area contributed by atoms with Crippen LogP contribution in [0.5, 0.6) is 5.75 Å². The van der Waals surface area contributed by atoms with Crippen LogP contribution in [-0.2, 0) is 24.1 Å². The quantitative estimate of drug-likeness (QED) is 0.859. The van der Waals surface area contributed by atoms with Crippen molar-refractivity contribution >= 4 is 28.7 Å². The van der Waals surface area contributed by atoms with Gasteiger partial charge >= 0.3 is 0 Å². The molecule has 2 nitrogen and oxygen atoms in total. The zero-order valence-corrected chi connectivity index (χ0v) is 11.9. The summed E-state index contributed by atoms with van der Waals surface area (Å²) in [6, 6.07) is 7.73. The van der Waals surface area contributed by atoms with Crippen molar-refractivity contribution in [3.63, 3.8) is 0 Å². The van der Waals surface area contributed by atoms with Crippen molar-refractivity contribution in [3.8, 4) is 5.75 Å². The zero-order chi connectivity index (χ0) is 13.2. The molecule has 1 aromatic carbocycles. The molecule has 0 amide bonds. The minimum absolute atomic E-state index is 0.197. The summed E-state index contributed by atoms with van der Waals surface area (Å²) in [5.74, 6) is 1.06. The van der Waals surface area contributed by atoms with E-state index in [4.69, 9.17) is 16.3 Å². The van der Waals surface area contributed by atoms with Crippen LogP contribution in [0.2, 0.25) is 5.02 Å². The minimum atomic E-state index is 0.197. The van der Waals surface area contributed by atoms with Gasteiger partial charge in [0.25, 0.3) is 0 Å². The molecule has 0 saturated carbocycles. The lowest BCUT2D eigenvalue weighted by molar-refractivity contribution is -0.117. The molecule has 2 aromatic rings. The van der Waals surface area contributed by atoms with Crippen LogP contribution >= 0.6 is 22.9 Å². The summed E-state index contributed by atoms with van der Waals surface area (Å²) in [7, 11) is 0. The average molecular weight is 293 g/mol. The zero-order valence-electron chi connectivity index (χ0n) is 10.3. The Morgan fingerprint density at radius 3 is 3.05 bits per heavy atom. The number of ether oxygens (including phenoxy) is 1. The summed E-state index contributed by atoms with van der Waals surface area (Å²) in [6.45, 7) is 0.682. The van der Waals surface area contributed by atoms with Crippen molar-refractivity contribution in [2.75, 3.05) is 6.61 Å². The Balaban J connectivity index is 1.78. The third kappa shape index (κ3) is 2.82. The maximum absolute atomic E-state index is 12.1. The molecule has 0 fully saturated rings. The highest BCUT2D eigenvalue weighted by molar-refractivity contribution is 7.10. The van der Waals surface area contributed by atoms with E-state index in [1.165, 1.54) is 0 Å². The predicted octanol–water partition coefficient (Wildman–Crippen LogP) is 3.69.